The van der Waals surface area contributed by atoms with Crippen LogP contribution in [0.3, 0.4) is 0 Å². The fraction of sp³-hybridized carbons (Fsp3) is 0.0625. The van der Waals surface area contributed by atoms with Crippen molar-refractivity contribution >= 4 is 20.9 Å². The number of aromatic nitrogens is 1. The Morgan fingerprint density at radius 1 is 0.905 bits per heavy atom. The third kappa shape index (κ3) is 2.94. The lowest BCUT2D eigenvalue weighted by molar-refractivity contribution is 0.581. The van der Waals surface area contributed by atoms with Crippen molar-refractivity contribution in [1.29, 1.82) is 0 Å². The molecular weight excluding hydrogens is 284 g/mol. The van der Waals surface area contributed by atoms with E-state index in [9.17, 15) is 8.42 Å². The van der Waals surface area contributed by atoms with E-state index in [2.05, 4.69) is 9.71 Å². The van der Waals surface area contributed by atoms with Gasteiger partial charge in [0.2, 0.25) is 10.0 Å². The van der Waals surface area contributed by atoms with Gasteiger partial charge in [-0.2, -0.15) is 0 Å². The largest absolute Gasteiger partial charge is 0.256 e. The maximum Gasteiger partial charge on any atom is 0.240 e. The third-order valence-corrected chi connectivity index (χ3v) is 4.64. The first-order valence-electron chi connectivity index (χ1n) is 6.54. The van der Waals surface area contributed by atoms with Crippen LogP contribution in [0.2, 0.25) is 0 Å². The van der Waals surface area contributed by atoms with Gasteiger partial charge in [-0.15, -0.1) is 0 Å². The van der Waals surface area contributed by atoms with Crippen molar-refractivity contribution in [3.8, 4) is 0 Å². The van der Waals surface area contributed by atoms with Crippen LogP contribution in [0.4, 0.5) is 0 Å². The number of benzene rings is 2. The molecule has 0 spiro atoms. The second-order valence-electron chi connectivity index (χ2n) is 4.63. The molecule has 3 rings (SSSR count). The van der Waals surface area contributed by atoms with Gasteiger partial charge in [0.1, 0.15) is 0 Å². The minimum atomic E-state index is -3.50. The van der Waals surface area contributed by atoms with Crippen LogP contribution in [-0.2, 0) is 16.6 Å². The number of fused-ring (bicyclic) bond motifs is 1. The van der Waals surface area contributed by atoms with E-state index in [1.54, 1.807) is 36.5 Å². The second-order valence-corrected chi connectivity index (χ2v) is 6.40. The van der Waals surface area contributed by atoms with E-state index < -0.39 is 10.0 Å². The highest BCUT2D eigenvalue weighted by Crippen LogP contribution is 2.16. The molecule has 5 heteroatoms. The Morgan fingerprint density at radius 3 is 2.48 bits per heavy atom. The molecule has 1 aromatic heterocycles. The molecule has 106 valence electrons. The van der Waals surface area contributed by atoms with Crippen LogP contribution >= 0.6 is 0 Å². The van der Waals surface area contributed by atoms with E-state index in [0.29, 0.717) is 0 Å². The third-order valence-electron chi connectivity index (χ3n) is 3.22. The number of pyridine rings is 1. The van der Waals surface area contributed by atoms with E-state index in [-0.39, 0.29) is 11.4 Å². The molecule has 2 aromatic carbocycles. The Bertz CT molecular complexity index is 856. The summed E-state index contributed by atoms with van der Waals surface area (Å²) in [5.74, 6) is 0. The SMILES string of the molecule is O=S(=O)(NCc1cccc2cccnc12)c1ccccc1. The summed E-state index contributed by atoms with van der Waals surface area (Å²) in [5, 5.41) is 0.994. The first-order valence-corrected chi connectivity index (χ1v) is 8.02. The van der Waals surface area contributed by atoms with Crippen LogP contribution in [0.5, 0.6) is 0 Å². The Hall–Kier alpha value is -2.24. The van der Waals surface area contributed by atoms with Gasteiger partial charge in [-0.3, -0.25) is 4.98 Å². The minimum absolute atomic E-state index is 0.214. The van der Waals surface area contributed by atoms with Crippen molar-refractivity contribution < 1.29 is 8.42 Å². The van der Waals surface area contributed by atoms with Crippen molar-refractivity contribution in [1.82, 2.24) is 9.71 Å². The zero-order chi connectivity index (χ0) is 14.7. The number of para-hydroxylation sites is 1. The van der Waals surface area contributed by atoms with Crippen LogP contribution in [0.25, 0.3) is 10.9 Å². The Labute approximate surface area is 123 Å². The van der Waals surface area contributed by atoms with Crippen molar-refractivity contribution in [2.75, 3.05) is 0 Å². The molecule has 0 aliphatic heterocycles. The quantitative estimate of drug-likeness (QED) is 0.805. The number of sulfonamides is 1. The normalized spacial score (nSPS) is 11.6. The van der Waals surface area contributed by atoms with Gasteiger partial charge in [-0.1, -0.05) is 42.5 Å². The summed E-state index contributed by atoms with van der Waals surface area (Å²) in [7, 11) is -3.50. The van der Waals surface area contributed by atoms with Crippen molar-refractivity contribution in [3.05, 3.63) is 72.4 Å². The molecule has 0 amide bonds. The summed E-state index contributed by atoms with van der Waals surface area (Å²) in [6.07, 6.45) is 1.71. The van der Waals surface area contributed by atoms with Gasteiger partial charge in [-0.25, -0.2) is 13.1 Å². The molecule has 4 nitrogen and oxygen atoms in total. The van der Waals surface area contributed by atoms with Crippen LogP contribution < -0.4 is 4.72 Å². The first-order chi connectivity index (χ1) is 10.2. The number of hydrogen-bond donors (Lipinski definition) is 1. The Morgan fingerprint density at radius 2 is 1.67 bits per heavy atom. The maximum absolute atomic E-state index is 12.2. The highest BCUT2D eigenvalue weighted by atomic mass is 32.2. The lowest BCUT2D eigenvalue weighted by Gasteiger charge is -2.08. The molecule has 1 heterocycles. The summed E-state index contributed by atoms with van der Waals surface area (Å²) < 4.78 is 27.0. The smallest absolute Gasteiger partial charge is 0.240 e. The van der Waals surface area contributed by atoms with Gasteiger partial charge in [0, 0.05) is 18.1 Å². The fourth-order valence-electron chi connectivity index (χ4n) is 2.17. The molecule has 0 bridgehead atoms. The van der Waals surface area contributed by atoms with Crippen molar-refractivity contribution in [2.24, 2.45) is 0 Å². The lowest BCUT2D eigenvalue weighted by atomic mass is 10.1. The van der Waals surface area contributed by atoms with Crippen LogP contribution in [0, 0.1) is 0 Å². The van der Waals surface area contributed by atoms with Gasteiger partial charge in [0.05, 0.1) is 10.4 Å². The fourth-order valence-corrected chi connectivity index (χ4v) is 3.19. The van der Waals surface area contributed by atoms with E-state index in [1.807, 2.05) is 30.3 Å². The second kappa shape index (κ2) is 5.63. The molecule has 0 saturated carbocycles. The molecule has 0 aliphatic rings. The maximum atomic E-state index is 12.2. The predicted octanol–water partition coefficient (Wildman–Crippen LogP) is 2.71. The van der Waals surface area contributed by atoms with Gasteiger partial charge in [-0.05, 0) is 23.8 Å². The number of hydrogen-bond acceptors (Lipinski definition) is 3. The van der Waals surface area contributed by atoms with E-state index in [0.717, 1.165) is 16.5 Å². The first kappa shape index (κ1) is 13.7. The van der Waals surface area contributed by atoms with E-state index in [4.69, 9.17) is 0 Å². The summed E-state index contributed by atoms with van der Waals surface area (Å²) in [6, 6.07) is 17.9. The number of nitrogens with zero attached hydrogens (tertiary/aromatic N) is 1. The summed E-state index contributed by atoms with van der Waals surface area (Å²) in [6.45, 7) is 0.214. The van der Waals surface area contributed by atoms with E-state index >= 15 is 0 Å². The standard InChI is InChI=1S/C16H14N2O2S/c19-21(20,15-9-2-1-3-10-15)18-12-14-7-4-6-13-8-5-11-17-16(13)14/h1-11,18H,12H2. The summed E-state index contributed by atoms with van der Waals surface area (Å²) in [4.78, 5) is 4.58. The summed E-state index contributed by atoms with van der Waals surface area (Å²) in [5.41, 5.74) is 1.67. The lowest BCUT2D eigenvalue weighted by Crippen LogP contribution is -2.23. The van der Waals surface area contributed by atoms with E-state index in [1.165, 1.54) is 0 Å². The topological polar surface area (TPSA) is 59.1 Å². The summed E-state index contributed by atoms with van der Waals surface area (Å²) >= 11 is 0. The number of nitrogens with one attached hydrogen (secondary N) is 1. The molecule has 0 radical (unpaired) electrons. The van der Waals surface area contributed by atoms with Gasteiger partial charge in [0.25, 0.3) is 0 Å². The van der Waals surface area contributed by atoms with Crippen LogP contribution in [0.15, 0.2) is 71.8 Å². The Balaban J connectivity index is 1.87. The van der Waals surface area contributed by atoms with Gasteiger partial charge in [0.15, 0.2) is 0 Å². The monoisotopic (exact) mass is 298 g/mol. The molecule has 0 saturated heterocycles. The van der Waals surface area contributed by atoms with Gasteiger partial charge >= 0.3 is 0 Å². The Kier molecular flexibility index (Phi) is 3.68. The molecule has 0 unspecified atom stereocenters. The highest BCUT2D eigenvalue weighted by molar-refractivity contribution is 7.89. The molecule has 0 fully saturated rings. The molecular formula is C16H14N2O2S. The molecule has 21 heavy (non-hydrogen) atoms. The van der Waals surface area contributed by atoms with Gasteiger partial charge < -0.3 is 0 Å². The zero-order valence-electron chi connectivity index (χ0n) is 11.2. The predicted molar refractivity (Wildman–Crippen MR) is 82.2 cm³/mol. The molecule has 0 aliphatic carbocycles. The minimum Gasteiger partial charge on any atom is -0.256 e. The van der Waals surface area contributed by atoms with Crippen LogP contribution in [-0.4, -0.2) is 13.4 Å². The molecule has 3 aromatic rings. The number of rotatable bonds is 4. The average molecular weight is 298 g/mol. The molecule has 1 N–H and O–H groups in total. The molecule has 0 atom stereocenters. The van der Waals surface area contributed by atoms with Crippen molar-refractivity contribution in [3.63, 3.8) is 0 Å². The van der Waals surface area contributed by atoms with Crippen molar-refractivity contribution in [2.45, 2.75) is 11.4 Å². The zero-order valence-corrected chi connectivity index (χ0v) is 12.0. The average Bonchev–Trinajstić information content (AvgIpc) is 2.54. The van der Waals surface area contributed by atoms with Crippen LogP contribution in [0.1, 0.15) is 5.56 Å². The highest BCUT2D eigenvalue weighted by Gasteiger charge is 2.13.